The molecule has 2 aromatic rings. The first-order valence-electron chi connectivity index (χ1n) is 9.91. The summed E-state index contributed by atoms with van der Waals surface area (Å²) in [5.74, 6) is 2.01. The zero-order valence-corrected chi connectivity index (χ0v) is 17.0. The SMILES string of the molecule is CCCN1C[C@H](NC(=O)Cc2ccc(OC)cc2)[C@@H](c2ccc(OC)cc2)C1. The van der Waals surface area contributed by atoms with E-state index in [9.17, 15) is 4.79 Å². The lowest BCUT2D eigenvalue weighted by molar-refractivity contribution is -0.121. The van der Waals surface area contributed by atoms with Gasteiger partial charge in [-0.25, -0.2) is 0 Å². The summed E-state index contributed by atoms with van der Waals surface area (Å²) in [5, 5.41) is 3.28. The first kappa shape index (κ1) is 20.2. The van der Waals surface area contributed by atoms with Gasteiger partial charge >= 0.3 is 0 Å². The number of rotatable bonds is 8. The van der Waals surface area contributed by atoms with E-state index >= 15 is 0 Å². The van der Waals surface area contributed by atoms with E-state index < -0.39 is 0 Å². The normalized spacial score (nSPS) is 19.4. The van der Waals surface area contributed by atoms with Gasteiger partial charge in [0.05, 0.1) is 20.6 Å². The molecule has 0 spiro atoms. The minimum absolute atomic E-state index is 0.0621. The third-order valence-corrected chi connectivity index (χ3v) is 5.35. The van der Waals surface area contributed by atoms with E-state index in [4.69, 9.17) is 9.47 Å². The van der Waals surface area contributed by atoms with Crippen molar-refractivity contribution in [3.05, 3.63) is 59.7 Å². The van der Waals surface area contributed by atoms with E-state index in [1.54, 1.807) is 14.2 Å². The minimum Gasteiger partial charge on any atom is -0.497 e. The zero-order chi connectivity index (χ0) is 19.9. The summed E-state index contributed by atoms with van der Waals surface area (Å²) >= 11 is 0. The van der Waals surface area contributed by atoms with Gasteiger partial charge in [-0.1, -0.05) is 31.2 Å². The maximum Gasteiger partial charge on any atom is 0.224 e. The average molecular weight is 383 g/mol. The zero-order valence-electron chi connectivity index (χ0n) is 17.0. The van der Waals surface area contributed by atoms with Crippen molar-refractivity contribution >= 4 is 5.91 Å². The molecule has 5 heteroatoms. The van der Waals surface area contributed by atoms with Crippen molar-refractivity contribution in [3.63, 3.8) is 0 Å². The van der Waals surface area contributed by atoms with E-state index in [2.05, 4.69) is 29.3 Å². The number of carbonyl (C=O) groups excluding carboxylic acids is 1. The molecule has 0 unspecified atom stereocenters. The largest absolute Gasteiger partial charge is 0.497 e. The van der Waals surface area contributed by atoms with E-state index in [-0.39, 0.29) is 17.9 Å². The fourth-order valence-electron chi connectivity index (χ4n) is 3.91. The summed E-state index contributed by atoms with van der Waals surface area (Å²) in [5.41, 5.74) is 2.23. The van der Waals surface area contributed by atoms with Crippen LogP contribution in [0.2, 0.25) is 0 Å². The van der Waals surface area contributed by atoms with Crippen molar-refractivity contribution in [3.8, 4) is 11.5 Å². The van der Waals surface area contributed by atoms with Crippen molar-refractivity contribution in [1.82, 2.24) is 10.2 Å². The maximum absolute atomic E-state index is 12.7. The average Bonchev–Trinajstić information content (AvgIpc) is 3.11. The molecule has 3 rings (SSSR count). The summed E-state index contributed by atoms with van der Waals surface area (Å²) in [6.07, 6.45) is 1.49. The van der Waals surface area contributed by atoms with Crippen molar-refractivity contribution in [1.29, 1.82) is 0 Å². The van der Waals surface area contributed by atoms with Crippen LogP contribution in [0.1, 0.15) is 30.4 Å². The van der Waals surface area contributed by atoms with Crippen LogP contribution in [0.15, 0.2) is 48.5 Å². The second-order valence-corrected chi connectivity index (χ2v) is 7.34. The molecule has 1 amide bonds. The van der Waals surface area contributed by atoms with Crippen LogP contribution in [-0.4, -0.2) is 50.7 Å². The minimum atomic E-state index is 0.0621. The van der Waals surface area contributed by atoms with Crippen LogP contribution in [0.3, 0.4) is 0 Å². The summed E-state index contributed by atoms with van der Waals surface area (Å²) in [6, 6.07) is 16.0. The highest BCUT2D eigenvalue weighted by atomic mass is 16.5. The fraction of sp³-hybridized carbons (Fsp3) is 0.435. The molecule has 0 saturated carbocycles. The molecule has 2 aromatic carbocycles. The molecule has 28 heavy (non-hydrogen) atoms. The predicted octanol–water partition coefficient (Wildman–Crippen LogP) is 3.24. The Morgan fingerprint density at radius 3 is 2.18 bits per heavy atom. The number of hydrogen-bond donors (Lipinski definition) is 1. The van der Waals surface area contributed by atoms with Crippen LogP contribution in [0.5, 0.6) is 11.5 Å². The van der Waals surface area contributed by atoms with Crippen molar-refractivity contribution < 1.29 is 14.3 Å². The molecule has 1 aliphatic rings. The topological polar surface area (TPSA) is 50.8 Å². The highest BCUT2D eigenvalue weighted by Crippen LogP contribution is 2.29. The third-order valence-electron chi connectivity index (χ3n) is 5.35. The number of nitrogens with one attached hydrogen (secondary N) is 1. The highest BCUT2D eigenvalue weighted by Gasteiger charge is 2.34. The molecule has 1 heterocycles. The number of amides is 1. The smallest absolute Gasteiger partial charge is 0.224 e. The summed E-state index contributed by atoms with van der Waals surface area (Å²) in [7, 11) is 3.32. The van der Waals surface area contributed by atoms with Gasteiger partial charge in [-0.05, 0) is 48.4 Å². The number of benzene rings is 2. The molecule has 0 radical (unpaired) electrons. The van der Waals surface area contributed by atoms with Crippen LogP contribution >= 0.6 is 0 Å². The summed E-state index contributed by atoms with van der Waals surface area (Å²) in [6.45, 7) is 5.10. The molecule has 1 N–H and O–H groups in total. The lowest BCUT2D eigenvalue weighted by atomic mass is 9.94. The predicted molar refractivity (Wildman–Crippen MR) is 111 cm³/mol. The van der Waals surface area contributed by atoms with E-state index in [1.807, 2.05) is 36.4 Å². The van der Waals surface area contributed by atoms with Gasteiger partial charge in [0.15, 0.2) is 0 Å². The Morgan fingerprint density at radius 2 is 1.61 bits per heavy atom. The summed E-state index contributed by atoms with van der Waals surface area (Å²) in [4.78, 5) is 15.1. The van der Waals surface area contributed by atoms with Crippen LogP contribution in [-0.2, 0) is 11.2 Å². The summed E-state index contributed by atoms with van der Waals surface area (Å²) < 4.78 is 10.5. The Hall–Kier alpha value is -2.53. The quantitative estimate of drug-likeness (QED) is 0.762. The van der Waals surface area contributed by atoms with E-state index in [0.717, 1.165) is 43.1 Å². The lowest BCUT2D eigenvalue weighted by Crippen LogP contribution is -2.40. The Bertz CT molecular complexity index is 758. The molecule has 5 nitrogen and oxygen atoms in total. The van der Waals surface area contributed by atoms with E-state index in [1.165, 1.54) is 5.56 Å². The van der Waals surface area contributed by atoms with Gasteiger partial charge in [0, 0.05) is 25.0 Å². The molecule has 0 aromatic heterocycles. The second-order valence-electron chi connectivity index (χ2n) is 7.34. The molecule has 0 bridgehead atoms. The molecule has 1 fully saturated rings. The number of likely N-dealkylation sites (tertiary alicyclic amines) is 1. The molecule has 1 aliphatic heterocycles. The van der Waals surface area contributed by atoms with Crippen LogP contribution in [0.25, 0.3) is 0 Å². The number of methoxy groups -OCH3 is 2. The van der Waals surface area contributed by atoms with Crippen LogP contribution < -0.4 is 14.8 Å². The Labute approximate surface area is 167 Å². The molecule has 0 aliphatic carbocycles. The van der Waals surface area contributed by atoms with Crippen molar-refractivity contribution in [2.75, 3.05) is 33.9 Å². The monoisotopic (exact) mass is 382 g/mol. The van der Waals surface area contributed by atoms with Gasteiger partial charge < -0.3 is 19.7 Å². The van der Waals surface area contributed by atoms with Crippen molar-refractivity contribution in [2.24, 2.45) is 0 Å². The molecule has 150 valence electrons. The molecular formula is C23H30N2O3. The Balaban J connectivity index is 1.67. The Morgan fingerprint density at radius 1 is 1.00 bits per heavy atom. The van der Waals surface area contributed by atoms with Crippen LogP contribution in [0.4, 0.5) is 0 Å². The standard InChI is InChI=1S/C23H30N2O3/c1-4-13-25-15-21(18-7-11-20(28-3)12-8-18)22(16-25)24-23(26)14-17-5-9-19(27-2)10-6-17/h5-12,21-22H,4,13-16H2,1-3H3,(H,24,26)/t21-,22+/m1/s1. The molecular weight excluding hydrogens is 352 g/mol. The number of nitrogens with zero attached hydrogens (tertiary/aromatic N) is 1. The van der Waals surface area contributed by atoms with Crippen molar-refractivity contribution in [2.45, 2.75) is 31.7 Å². The van der Waals surface area contributed by atoms with Gasteiger partial charge in [-0.15, -0.1) is 0 Å². The molecule has 1 saturated heterocycles. The molecule has 2 atom stereocenters. The van der Waals surface area contributed by atoms with Gasteiger partial charge in [0.25, 0.3) is 0 Å². The lowest BCUT2D eigenvalue weighted by Gasteiger charge is -2.20. The number of hydrogen-bond acceptors (Lipinski definition) is 4. The second kappa shape index (κ2) is 9.60. The van der Waals surface area contributed by atoms with Gasteiger partial charge in [0.1, 0.15) is 11.5 Å². The van der Waals surface area contributed by atoms with Gasteiger partial charge in [-0.2, -0.15) is 0 Å². The van der Waals surface area contributed by atoms with Gasteiger partial charge in [0.2, 0.25) is 5.91 Å². The highest BCUT2D eigenvalue weighted by molar-refractivity contribution is 5.79. The third kappa shape index (κ3) is 5.04. The van der Waals surface area contributed by atoms with Crippen LogP contribution in [0, 0.1) is 0 Å². The Kier molecular flexibility index (Phi) is 6.93. The van der Waals surface area contributed by atoms with E-state index in [0.29, 0.717) is 6.42 Å². The maximum atomic E-state index is 12.7. The number of carbonyl (C=O) groups is 1. The fourth-order valence-corrected chi connectivity index (χ4v) is 3.91. The van der Waals surface area contributed by atoms with Gasteiger partial charge in [-0.3, -0.25) is 4.79 Å². The first-order chi connectivity index (χ1) is 13.6. The number of ether oxygens (including phenoxy) is 2. The first-order valence-corrected chi connectivity index (χ1v) is 9.91.